The van der Waals surface area contributed by atoms with E-state index in [1.807, 2.05) is 56.3 Å². The van der Waals surface area contributed by atoms with Crippen LogP contribution >= 0.6 is 15.9 Å². The molecule has 0 saturated heterocycles. The number of rotatable bonds is 26. The first kappa shape index (κ1) is 40.5. The number of hydrogen-bond acceptors (Lipinski definition) is 8. The van der Waals surface area contributed by atoms with E-state index < -0.39 is 12.2 Å². The van der Waals surface area contributed by atoms with Crippen LogP contribution in [0.15, 0.2) is 46.9 Å². The Morgan fingerprint density at radius 3 is 1.49 bits per heavy atom. The zero-order valence-electron chi connectivity index (χ0n) is 30.1. The van der Waals surface area contributed by atoms with Crippen molar-refractivity contribution in [2.24, 2.45) is 0 Å². The second-order valence-electron chi connectivity index (χ2n) is 12.4. The summed E-state index contributed by atoms with van der Waals surface area (Å²) in [4.78, 5) is 25.4. The fourth-order valence-corrected chi connectivity index (χ4v) is 6.06. The van der Waals surface area contributed by atoms with E-state index in [9.17, 15) is 9.59 Å². The van der Waals surface area contributed by atoms with E-state index >= 15 is 0 Å². The molecule has 0 saturated carbocycles. The van der Waals surface area contributed by atoms with E-state index in [-0.39, 0.29) is 38.4 Å². The van der Waals surface area contributed by atoms with Crippen molar-refractivity contribution in [1.82, 2.24) is 0 Å². The molecule has 0 aliphatic carbocycles. The standard InChI is InChI=1S/C40H57BrO8/c1-5-9-11-13-15-21-37(42)48-31(26-44-7-3)28-46-39-33-19-17-18-20-34(33)40(36-25-30(41)23-24-35(36)39)47-29-32(27-45-8-4)49-38(43)22-16-14-12-10-6-2/h17-20,23-25,31-32H,5-16,21-22,26-29H2,1-4H3. The maximum Gasteiger partial charge on any atom is 0.306 e. The maximum absolute atomic E-state index is 12.7. The van der Waals surface area contributed by atoms with Crippen LogP contribution in [0, 0.1) is 0 Å². The lowest BCUT2D eigenvalue weighted by Crippen LogP contribution is -2.30. The molecular weight excluding hydrogens is 688 g/mol. The third kappa shape index (κ3) is 14.1. The Kier molecular flexibility index (Phi) is 19.5. The molecule has 0 aliphatic rings. The van der Waals surface area contributed by atoms with E-state index in [4.69, 9.17) is 28.4 Å². The number of carbonyl (C=O) groups is 2. The number of fused-ring (bicyclic) bond motifs is 2. The van der Waals surface area contributed by atoms with E-state index in [1.54, 1.807) is 0 Å². The maximum atomic E-state index is 12.7. The van der Waals surface area contributed by atoms with Gasteiger partial charge in [0.25, 0.3) is 0 Å². The average Bonchev–Trinajstić information content (AvgIpc) is 3.10. The number of unbranched alkanes of at least 4 members (excludes halogenated alkanes) is 8. The van der Waals surface area contributed by atoms with Crippen LogP contribution in [-0.4, -0.2) is 63.8 Å². The lowest BCUT2D eigenvalue weighted by atomic mass is 10.0. The lowest BCUT2D eigenvalue weighted by Gasteiger charge is -2.23. The van der Waals surface area contributed by atoms with Crippen molar-refractivity contribution < 1.29 is 38.0 Å². The smallest absolute Gasteiger partial charge is 0.306 e. The number of halogens is 1. The third-order valence-corrected chi connectivity index (χ3v) is 8.79. The summed E-state index contributed by atoms with van der Waals surface area (Å²) < 4.78 is 37.0. The number of benzene rings is 3. The molecule has 2 atom stereocenters. The molecule has 2 unspecified atom stereocenters. The van der Waals surface area contributed by atoms with Crippen LogP contribution in [0.2, 0.25) is 0 Å². The molecule has 0 aliphatic heterocycles. The quantitative estimate of drug-likeness (QED) is 0.0456. The van der Waals surface area contributed by atoms with Gasteiger partial charge in [0.15, 0.2) is 12.2 Å². The van der Waals surface area contributed by atoms with Crippen LogP contribution in [0.3, 0.4) is 0 Å². The molecule has 0 aromatic heterocycles. The van der Waals surface area contributed by atoms with Gasteiger partial charge in [-0.25, -0.2) is 0 Å². The summed E-state index contributed by atoms with van der Waals surface area (Å²) in [6.45, 7) is 9.98. The van der Waals surface area contributed by atoms with Crippen molar-refractivity contribution in [2.75, 3.05) is 39.6 Å². The number of carbonyl (C=O) groups excluding carboxylic acids is 2. The van der Waals surface area contributed by atoms with Crippen molar-refractivity contribution in [3.8, 4) is 11.5 Å². The number of esters is 2. The van der Waals surface area contributed by atoms with E-state index in [2.05, 4.69) is 29.8 Å². The minimum absolute atomic E-state index is 0.137. The first-order valence-electron chi connectivity index (χ1n) is 18.4. The molecule has 3 rings (SSSR count). The van der Waals surface area contributed by atoms with Gasteiger partial charge in [-0.05, 0) is 44.9 Å². The molecule has 0 spiro atoms. The molecule has 3 aromatic rings. The van der Waals surface area contributed by atoms with Gasteiger partial charge in [0, 0.05) is 52.1 Å². The molecule has 0 N–H and O–H groups in total. The Bertz CT molecular complexity index is 1410. The largest absolute Gasteiger partial charge is 0.488 e. The van der Waals surface area contributed by atoms with Crippen molar-refractivity contribution >= 4 is 49.4 Å². The topological polar surface area (TPSA) is 89.5 Å². The van der Waals surface area contributed by atoms with Gasteiger partial charge in [-0.15, -0.1) is 0 Å². The molecule has 3 aromatic carbocycles. The molecule has 0 radical (unpaired) electrons. The van der Waals surface area contributed by atoms with E-state index in [0.717, 1.165) is 77.4 Å². The van der Waals surface area contributed by atoms with Gasteiger partial charge in [-0.2, -0.15) is 0 Å². The summed E-state index contributed by atoms with van der Waals surface area (Å²) in [6, 6.07) is 13.9. The van der Waals surface area contributed by atoms with Crippen LogP contribution in [0.4, 0.5) is 0 Å². The van der Waals surface area contributed by atoms with Gasteiger partial charge in [0.05, 0.1) is 13.2 Å². The molecule has 49 heavy (non-hydrogen) atoms. The van der Waals surface area contributed by atoms with Crippen LogP contribution in [-0.2, 0) is 28.5 Å². The second kappa shape index (κ2) is 23.5. The predicted molar refractivity (Wildman–Crippen MR) is 200 cm³/mol. The highest BCUT2D eigenvalue weighted by Crippen LogP contribution is 2.44. The first-order valence-corrected chi connectivity index (χ1v) is 19.1. The highest BCUT2D eigenvalue weighted by Gasteiger charge is 2.22. The molecule has 0 amide bonds. The molecule has 0 fully saturated rings. The predicted octanol–water partition coefficient (Wildman–Crippen LogP) is 10.1. The van der Waals surface area contributed by atoms with Crippen LogP contribution in [0.25, 0.3) is 21.5 Å². The third-order valence-electron chi connectivity index (χ3n) is 8.30. The minimum Gasteiger partial charge on any atom is -0.488 e. The van der Waals surface area contributed by atoms with Gasteiger partial charge in [-0.1, -0.05) is 105 Å². The molecule has 0 heterocycles. The zero-order chi connectivity index (χ0) is 35.3. The van der Waals surface area contributed by atoms with Crippen molar-refractivity contribution in [3.63, 3.8) is 0 Å². The summed E-state index contributed by atoms with van der Waals surface area (Å²) >= 11 is 3.63. The number of ether oxygens (including phenoxy) is 6. The summed E-state index contributed by atoms with van der Waals surface area (Å²) in [7, 11) is 0. The van der Waals surface area contributed by atoms with Crippen LogP contribution in [0.5, 0.6) is 11.5 Å². The summed E-state index contributed by atoms with van der Waals surface area (Å²) in [5.74, 6) is 0.871. The fourth-order valence-electron chi connectivity index (χ4n) is 5.70. The lowest BCUT2D eigenvalue weighted by molar-refractivity contribution is -0.155. The Morgan fingerprint density at radius 1 is 0.571 bits per heavy atom. The van der Waals surface area contributed by atoms with Gasteiger partial charge in [0.2, 0.25) is 0 Å². The normalized spacial score (nSPS) is 12.6. The summed E-state index contributed by atoms with van der Waals surface area (Å²) in [5.41, 5.74) is 0. The number of hydrogen-bond donors (Lipinski definition) is 0. The fraction of sp³-hybridized carbons (Fsp3) is 0.600. The zero-order valence-corrected chi connectivity index (χ0v) is 31.7. The van der Waals surface area contributed by atoms with Gasteiger partial charge in [-0.3, -0.25) is 9.59 Å². The van der Waals surface area contributed by atoms with Gasteiger partial charge < -0.3 is 28.4 Å². The Hall–Kier alpha value is -2.88. The highest BCUT2D eigenvalue weighted by molar-refractivity contribution is 9.10. The highest BCUT2D eigenvalue weighted by atomic mass is 79.9. The van der Waals surface area contributed by atoms with Gasteiger partial charge >= 0.3 is 11.9 Å². The SMILES string of the molecule is CCCCCCCC(=O)OC(COCC)COc1c2ccccc2c(OCC(COCC)OC(=O)CCCCCCC)c2cc(Br)ccc12. The van der Waals surface area contributed by atoms with Crippen molar-refractivity contribution in [3.05, 3.63) is 46.9 Å². The van der Waals surface area contributed by atoms with Gasteiger partial charge in [0.1, 0.15) is 24.7 Å². The summed E-state index contributed by atoms with van der Waals surface area (Å²) in [5, 5.41) is 3.40. The van der Waals surface area contributed by atoms with Crippen LogP contribution in [0.1, 0.15) is 105 Å². The Balaban J connectivity index is 1.82. The molecule has 9 heteroatoms. The van der Waals surface area contributed by atoms with E-state index in [0.29, 0.717) is 37.6 Å². The Labute approximate surface area is 301 Å². The molecule has 272 valence electrons. The van der Waals surface area contributed by atoms with Crippen LogP contribution < -0.4 is 9.47 Å². The van der Waals surface area contributed by atoms with Crippen molar-refractivity contribution in [2.45, 2.75) is 117 Å². The average molecular weight is 746 g/mol. The van der Waals surface area contributed by atoms with E-state index in [1.165, 1.54) is 12.8 Å². The summed E-state index contributed by atoms with van der Waals surface area (Å²) in [6.07, 6.45) is 10.3. The second-order valence-corrected chi connectivity index (χ2v) is 13.3. The monoisotopic (exact) mass is 744 g/mol. The molecule has 0 bridgehead atoms. The molecular formula is C40H57BrO8. The molecule has 8 nitrogen and oxygen atoms in total. The first-order chi connectivity index (χ1) is 23.9. The minimum atomic E-state index is -0.555. The van der Waals surface area contributed by atoms with Crippen molar-refractivity contribution in [1.29, 1.82) is 0 Å². The Morgan fingerprint density at radius 2 is 1.02 bits per heavy atom.